The molecule has 2 aromatic carbocycles. The molecule has 2 aliphatic heterocycles. The molecule has 0 radical (unpaired) electrons. The van der Waals surface area contributed by atoms with Crippen molar-refractivity contribution in [1.29, 1.82) is 0 Å². The summed E-state index contributed by atoms with van der Waals surface area (Å²) in [6.45, 7) is 3.94. The number of nitrogens with zero attached hydrogens (tertiary/aromatic N) is 5. The van der Waals surface area contributed by atoms with Crippen LogP contribution in [-0.2, 0) is 13.0 Å². The van der Waals surface area contributed by atoms with Gasteiger partial charge in [0.2, 0.25) is 11.8 Å². The van der Waals surface area contributed by atoms with Gasteiger partial charge in [0.05, 0.1) is 28.4 Å². The lowest BCUT2D eigenvalue weighted by molar-refractivity contribution is 0.0732. The van der Waals surface area contributed by atoms with Gasteiger partial charge in [-0.2, -0.15) is 4.98 Å². The summed E-state index contributed by atoms with van der Waals surface area (Å²) in [5.41, 5.74) is 1.82. The quantitative estimate of drug-likeness (QED) is 0.537. The highest BCUT2D eigenvalue weighted by atomic mass is 35.5. The third-order valence-electron chi connectivity index (χ3n) is 6.29. The molecular formula is C25H24ClF2N5O2. The van der Waals surface area contributed by atoms with Crippen LogP contribution >= 0.6 is 11.6 Å². The van der Waals surface area contributed by atoms with Crippen molar-refractivity contribution in [2.24, 2.45) is 0 Å². The molecule has 1 amide bonds. The van der Waals surface area contributed by atoms with Gasteiger partial charge < -0.3 is 19.4 Å². The summed E-state index contributed by atoms with van der Waals surface area (Å²) < 4.78 is 33.3. The number of carbonyl (C=O) groups is 1. The minimum absolute atomic E-state index is 0.115. The molecule has 5 rings (SSSR count). The first-order chi connectivity index (χ1) is 16.9. The van der Waals surface area contributed by atoms with Crippen LogP contribution in [0.15, 0.2) is 42.5 Å². The first-order valence-electron chi connectivity index (χ1n) is 11.4. The maximum atomic E-state index is 13.9. The van der Waals surface area contributed by atoms with Crippen LogP contribution in [0.25, 0.3) is 0 Å². The van der Waals surface area contributed by atoms with E-state index in [1.807, 2.05) is 0 Å². The van der Waals surface area contributed by atoms with Crippen LogP contribution in [0.4, 0.5) is 14.7 Å². The molecule has 0 saturated carbocycles. The second-order valence-electron chi connectivity index (χ2n) is 8.68. The van der Waals surface area contributed by atoms with Crippen molar-refractivity contribution < 1.29 is 18.3 Å². The topological polar surface area (TPSA) is 61.8 Å². The fourth-order valence-corrected chi connectivity index (χ4v) is 4.45. The van der Waals surface area contributed by atoms with Gasteiger partial charge in [0, 0.05) is 45.2 Å². The second kappa shape index (κ2) is 9.75. The molecular weight excluding hydrogens is 476 g/mol. The summed E-state index contributed by atoms with van der Waals surface area (Å²) in [6, 6.07) is 10.2. The summed E-state index contributed by atoms with van der Waals surface area (Å²) in [5, 5.41) is 0.378. The van der Waals surface area contributed by atoms with Crippen molar-refractivity contribution >= 4 is 23.5 Å². The van der Waals surface area contributed by atoms with Gasteiger partial charge in [0.1, 0.15) is 5.75 Å². The zero-order valence-corrected chi connectivity index (χ0v) is 19.9. The minimum atomic E-state index is -1.01. The Bertz CT molecular complexity index is 1270. The standard InChI is InChI=1S/C25H24ClF2N5O2/c1-31-10-12-32(13-11-31)25-29-22-8-9-33(24(34)17-4-2-3-5-19(17)26)15-18(22)23(30-25)35-16-6-7-20(27)21(28)14-16/h2-7,14H,8-13,15H2,1H3. The van der Waals surface area contributed by atoms with Crippen LogP contribution in [0.1, 0.15) is 21.6 Å². The molecule has 0 bridgehead atoms. The van der Waals surface area contributed by atoms with E-state index in [0.29, 0.717) is 35.1 Å². The van der Waals surface area contributed by atoms with E-state index < -0.39 is 11.6 Å². The molecule has 3 heterocycles. The number of ether oxygens (including phenoxy) is 1. The van der Waals surface area contributed by atoms with E-state index in [9.17, 15) is 13.6 Å². The van der Waals surface area contributed by atoms with Gasteiger partial charge in [0.15, 0.2) is 11.6 Å². The zero-order chi connectivity index (χ0) is 24.5. The Labute approximate surface area is 206 Å². The van der Waals surface area contributed by atoms with E-state index >= 15 is 0 Å². The first-order valence-corrected chi connectivity index (χ1v) is 11.8. The van der Waals surface area contributed by atoms with Crippen molar-refractivity contribution in [3.05, 3.63) is 75.9 Å². The molecule has 1 fully saturated rings. The third kappa shape index (κ3) is 4.92. The average Bonchev–Trinajstić information content (AvgIpc) is 2.86. The van der Waals surface area contributed by atoms with Crippen LogP contribution in [0.5, 0.6) is 11.6 Å². The number of aromatic nitrogens is 2. The Morgan fingerprint density at radius 1 is 1.00 bits per heavy atom. The smallest absolute Gasteiger partial charge is 0.255 e. The minimum Gasteiger partial charge on any atom is -0.438 e. The normalized spacial score (nSPS) is 16.2. The third-order valence-corrected chi connectivity index (χ3v) is 6.62. The SMILES string of the molecule is CN1CCN(c2nc3c(c(Oc4ccc(F)c(F)c4)n2)CN(C(=O)c2ccccc2Cl)CC3)CC1. The predicted molar refractivity (Wildman–Crippen MR) is 128 cm³/mol. The summed E-state index contributed by atoms with van der Waals surface area (Å²) >= 11 is 6.25. The van der Waals surface area contributed by atoms with Gasteiger partial charge in [-0.15, -0.1) is 0 Å². The number of piperazine rings is 1. The highest BCUT2D eigenvalue weighted by Gasteiger charge is 2.29. The summed E-state index contributed by atoms with van der Waals surface area (Å²) in [4.78, 5) is 28.6. The summed E-state index contributed by atoms with van der Waals surface area (Å²) in [6.07, 6.45) is 0.503. The average molecular weight is 500 g/mol. The number of benzene rings is 2. The van der Waals surface area contributed by atoms with Gasteiger partial charge in [0.25, 0.3) is 5.91 Å². The first kappa shape index (κ1) is 23.4. The highest BCUT2D eigenvalue weighted by molar-refractivity contribution is 6.33. The predicted octanol–water partition coefficient (Wildman–Crippen LogP) is 4.15. The molecule has 1 aromatic heterocycles. The van der Waals surface area contributed by atoms with Crippen molar-refractivity contribution in [3.8, 4) is 11.6 Å². The van der Waals surface area contributed by atoms with Gasteiger partial charge >= 0.3 is 0 Å². The van der Waals surface area contributed by atoms with Gasteiger partial charge in [-0.25, -0.2) is 13.8 Å². The van der Waals surface area contributed by atoms with E-state index in [1.54, 1.807) is 29.2 Å². The number of halogens is 3. The van der Waals surface area contributed by atoms with Crippen molar-refractivity contribution in [2.45, 2.75) is 13.0 Å². The zero-order valence-electron chi connectivity index (χ0n) is 19.2. The lowest BCUT2D eigenvalue weighted by atomic mass is 10.0. The fourth-order valence-electron chi connectivity index (χ4n) is 4.23. The molecule has 0 unspecified atom stereocenters. The number of anilines is 1. The van der Waals surface area contributed by atoms with E-state index in [2.05, 4.69) is 21.8 Å². The Hall–Kier alpha value is -3.30. The number of carbonyl (C=O) groups excluding carboxylic acids is 1. The molecule has 35 heavy (non-hydrogen) atoms. The number of hydrogen-bond donors (Lipinski definition) is 0. The van der Waals surface area contributed by atoms with Gasteiger partial charge in [-0.3, -0.25) is 4.79 Å². The van der Waals surface area contributed by atoms with Crippen LogP contribution < -0.4 is 9.64 Å². The van der Waals surface area contributed by atoms with Gasteiger partial charge in [-0.1, -0.05) is 23.7 Å². The Morgan fingerprint density at radius 2 is 1.77 bits per heavy atom. The molecule has 0 atom stereocenters. The molecule has 7 nitrogen and oxygen atoms in total. The van der Waals surface area contributed by atoms with E-state index in [0.717, 1.165) is 44.0 Å². The summed E-state index contributed by atoms with van der Waals surface area (Å²) in [5.74, 6) is -1.31. The Kier molecular flexibility index (Phi) is 6.53. The number of likely N-dealkylation sites (N-methyl/N-ethyl adjacent to an activating group) is 1. The molecule has 0 spiro atoms. The maximum absolute atomic E-state index is 13.9. The molecule has 0 aliphatic carbocycles. The van der Waals surface area contributed by atoms with Crippen LogP contribution in [0, 0.1) is 11.6 Å². The molecule has 3 aromatic rings. The van der Waals surface area contributed by atoms with E-state index in [1.165, 1.54) is 6.07 Å². The Balaban J connectivity index is 1.49. The molecule has 0 N–H and O–H groups in total. The molecule has 1 saturated heterocycles. The van der Waals surface area contributed by atoms with E-state index in [-0.39, 0.29) is 24.1 Å². The van der Waals surface area contributed by atoms with Crippen LogP contribution in [-0.4, -0.2) is 65.4 Å². The van der Waals surface area contributed by atoms with Crippen LogP contribution in [0.3, 0.4) is 0 Å². The molecule has 2 aliphatic rings. The summed E-state index contributed by atoms with van der Waals surface area (Å²) in [7, 11) is 2.06. The number of amides is 1. The number of rotatable bonds is 4. The lowest BCUT2D eigenvalue weighted by Gasteiger charge is -2.34. The van der Waals surface area contributed by atoms with Crippen molar-refractivity contribution in [1.82, 2.24) is 19.8 Å². The van der Waals surface area contributed by atoms with Crippen LogP contribution in [0.2, 0.25) is 5.02 Å². The largest absolute Gasteiger partial charge is 0.438 e. The Morgan fingerprint density at radius 3 is 2.51 bits per heavy atom. The lowest BCUT2D eigenvalue weighted by Crippen LogP contribution is -2.45. The fraction of sp³-hybridized carbons (Fsp3) is 0.320. The monoisotopic (exact) mass is 499 g/mol. The van der Waals surface area contributed by atoms with Crippen molar-refractivity contribution in [3.63, 3.8) is 0 Å². The second-order valence-corrected chi connectivity index (χ2v) is 9.09. The van der Waals surface area contributed by atoms with Gasteiger partial charge in [-0.05, 0) is 31.3 Å². The number of hydrogen-bond acceptors (Lipinski definition) is 6. The molecule has 182 valence electrons. The van der Waals surface area contributed by atoms with Crippen molar-refractivity contribution in [2.75, 3.05) is 44.7 Å². The van der Waals surface area contributed by atoms with E-state index in [4.69, 9.17) is 21.3 Å². The highest BCUT2D eigenvalue weighted by Crippen LogP contribution is 2.33. The number of fused-ring (bicyclic) bond motifs is 1. The molecule has 10 heteroatoms. The maximum Gasteiger partial charge on any atom is 0.255 e.